The van der Waals surface area contributed by atoms with Crippen molar-refractivity contribution < 1.29 is 29.0 Å². The standard InChI is InChI=1S/C41H46N8O6/c1-24(2)34(46-40(52)53)38(50)48-18-6-8-32(48)36-42-22-30(44-36)16-12-26-10-14-29-21-27(11-15-28(29)20-26)13-17-31-23-43-37(45-31)33-9-7-19-49(33)39(51)35(25(3)4)47-41(54)55-5/h10-11,14-15,20-25,32-35,46H,6-9,18-19H2,1-5H3,(H,42,44)(H,43,45)(H,47,54)(H,52,53)/t32-,33?,34-,35-/m0/s1. The Labute approximate surface area is 319 Å². The Hall–Kier alpha value is -6.28. The summed E-state index contributed by atoms with van der Waals surface area (Å²) in [6.45, 7) is 8.51. The van der Waals surface area contributed by atoms with Crippen molar-refractivity contribution in [2.24, 2.45) is 11.8 Å². The van der Waals surface area contributed by atoms with E-state index in [0.29, 0.717) is 36.1 Å². The third kappa shape index (κ3) is 8.92. The van der Waals surface area contributed by atoms with Crippen LogP contribution in [0.5, 0.6) is 0 Å². The number of H-pyrrole nitrogens is 2. The number of nitrogens with zero attached hydrogens (tertiary/aromatic N) is 4. The van der Waals surface area contributed by atoms with Gasteiger partial charge in [-0.1, -0.05) is 51.7 Å². The SMILES string of the molecule is COC(=O)N[C@H](C(=O)N1CCCC1c1nc(C#Cc2ccc3cc(C#Cc4c[nH]c([C@@H]5CCCN5C(=O)[C@@H](NC(=O)O)C(C)C)n4)ccc3c2)c[nH]1)C(C)C. The monoisotopic (exact) mass is 746 g/mol. The highest BCUT2D eigenvalue weighted by Crippen LogP contribution is 2.33. The number of alkyl carbamates (subject to hydrolysis) is 1. The molecule has 0 bridgehead atoms. The maximum absolute atomic E-state index is 13.4. The summed E-state index contributed by atoms with van der Waals surface area (Å²) in [5.74, 6) is 13.2. The lowest BCUT2D eigenvalue weighted by Gasteiger charge is -2.29. The number of benzene rings is 2. The van der Waals surface area contributed by atoms with Crippen LogP contribution in [0.15, 0.2) is 48.8 Å². The van der Waals surface area contributed by atoms with Gasteiger partial charge in [-0.05, 0) is 84.4 Å². The van der Waals surface area contributed by atoms with Gasteiger partial charge < -0.3 is 40.2 Å². The molecule has 2 fully saturated rings. The zero-order valence-corrected chi connectivity index (χ0v) is 31.6. The average Bonchev–Trinajstić information content (AvgIpc) is 4.00. The molecule has 2 aliphatic rings. The topological polar surface area (TPSA) is 186 Å². The number of carbonyl (C=O) groups excluding carboxylic acids is 3. The number of imidazole rings is 2. The van der Waals surface area contributed by atoms with Crippen LogP contribution in [0.1, 0.15) is 99.6 Å². The van der Waals surface area contributed by atoms with E-state index in [9.17, 15) is 24.3 Å². The van der Waals surface area contributed by atoms with Gasteiger partial charge in [-0.25, -0.2) is 19.6 Å². The Morgan fingerprint density at radius 1 is 0.745 bits per heavy atom. The number of carbonyl (C=O) groups is 4. The molecule has 6 rings (SSSR count). The van der Waals surface area contributed by atoms with Crippen molar-refractivity contribution in [1.29, 1.82) is 0 Å². The first-order valence-corrected chi connectivity index (χ1v) is 18.5. The lowest BCUT2D eigenvalue weighted by molar-refractivity contribution is -0.136. The molecule has 2 saturated heterocycles. The van der Waals surface area contributed by atoms with E-state index in [2.05, 4.69) is 49.3 Å². The fourth-order valence-corrected chi connectivity index (χ4v) is 7.15. The van der Waals surface area contributed by atoms with Crippen LogP contribution in [0.25, 0.3) is 10.8 Å². The van der Waals surface area contributed by atoms with Crippen molar-refractivity contribution in [3.05, 3.63) is 83.0 Å². The Morgan fingerprint density at radius 2 is 1.20 bits per heavy atom. The number of aromatic amines is 2. The Bertz CT molecular complexity index is 2200. The van der Waals surface area contributed by atoms with Crippen molar-refractivity contribution in [2.75, 3.05) is 20.2 Å². The molecule has 4 heterocycles. The highest BCUT2D eigenvalue weighted by Gasteiger charge is 2.38. The number of ether oxygens (including phenoxy) is 1. The summed E-state index contributed by atoms with van der Waals surface area (Å²) >= 11 is 0. The van der Waals surface area contributed by atoms with Crippen LogP contribution in [0.2, 0.25) is 0 Å². The van der Waals surface area contributed by atoms with Crippen LogP contribution in [-0.2, 0) is 14.3 Å². The third-order valence-corrected chi connectivity index (χ3v) is 10.0. The van der Waals surface area contributed by atoms with Gasteiger partial charge in [0, 0.05) is 36.6 Å². The lowest BCUT2D eigenvalue weighted by atomic mass is 10.0. The van der Waals surface area contributed by atoms with Gasteiger partial charge in [0.05, 0.1) is 19.2 Å². The normalized spacial score (nSPS) is 17.7. The number of hydrogen-bond donors (Lipinski definition) is 5. The van der Waals surface area contributed by atoms with E-state index in [0.717, 1.165) is 47.6 Å². The fourth-order valence-electron chi connectivity index (χ4n) is 7.15. The fraction of sp³-hybridized carbons (Fsp3) is 0.415. The first-order chi connectivity index (χ1) is 26.4. The Morgan fingerprint density at radius 3 is 1.62 bits per heavy atom. The highest BCUT2D eigenvalue weighted by atomic mass is 16.5. The number of hydrogen-bond acceptors (Lipinski definition) is 7. The molecule has 4 atom stereocenters. The van der Waals surface area contributed by atoms with Gasteiger partial charge in [-0.2, -0.15) is 0 Å². The van der Waals surface area contributed by atoms with Crippen LogP contribution in [0, 0.1) is 35.5 Å². The lowest BCUT2D eigenvalue weighted by Crippen LogP contribution is -2.51. The first kappa shape index (κ1) is 38.4. The van der Waals surface area contributed by atoms with Gasteiger partial charge in [-0.15, -0.1) is 0 Å². The van der Waals surface area contributed by atoms with E-state index in [1.54, 1.807) is 22.2 Å². The molecule has 0 aliphatic carbocycles. The number of fused-ring (bicyclic) bond motifs is 1. The number of nitrogens with one attached hydrogen (secondary N) is 4. The molecule has 5 N–H and O–H groups in total. The summed E-state index contributed by atoms with van der Waals surface area (Å²) in [5, 5.41) is 16.3. The molecule has 286 valence electrons. The van der Waals surface area contributed by atoms with Gasteiger partial charge >= 0.3 is 12.2 Å². The minimum atomic E-state index is -1.22. The second kappa shape index (κ2) is 16.8. The largest absolute Gasteiger partial charge is 0.465 e. The third-order valence-electron chi connectivity index (χ3n) is 10.0. The molecule has 4 amide bonds. The molecule has 1 unspecified atom stereocenters. The van der Waals surface area contributed by atoms with E-state index >= 15 is 0 Å². The smallest absolute Gasteiger partial charge is 0.407 e. The second-order valence-electron chi connectivity index (χ2n) is 14.5. The Balaban J connectivity index is 1.10. The van der Waals surface area contributed by atoms with Crippen molar-refractivity contribution in [3.63, 3.8) is 0 Å². The molecule has 2 aromatic heterocycles. The van der Waals surface area contributed by atoms with Crippen LogP contribution in [0.4, 0.5) is 9.59 Å². The number of aromatic nitrogens is 4. The summed E-state index contributed by atoms with van der Waals surface area (Å²) in [7, 11) is 1.28. The molecule has 0 saturated carbocycles. The highest BCUT2D eigenvalue weighted by molar-refractivity contribution is 5.87. The maximum atomic E-state index is 13.4. The molecule has 55 heavy (non-hydrogen) atoms. The van der Waals surface area contributed by atoms with Gasteiger partial charge in [0.2, 0.25) is 11.8 Å². The summed E-state index contributed by atoms with van der Waals surface area (Å²) in [6, 6.07) is 9.85. The van der Waals surface area contributed by atoms with E-state index < -0.39 is 24.3 Å². The quantitative estimate of drug-likeness (QED) is 0.155. The van der Waals surface area contributed by atoms with Crippen molar-refractivity contribution in [2.45, 2.75) is 77.5 Å². The van der Waals surface area contributed by atoms with E-state index in [1.807, 2.05) is 64.1 Å². The molecule has 14 nitrogen and oxygen atoms in total. The summed E-state index contributed by atoms with van der Waals surface area (Å²) < 4.78 is 4.73. The van der Waals surface area contributed by atoms with Crippen molar-refractivity contribution in [1.82, 2.24) is 40.4 Å². The minimum Gasteiger partial charge on any atom is -0.465 e. The van der Waals surface area contributed by atoms with Crippen molar-refractivity contribution >= 4 is 34.8 Å². The molecular weight excluding hydrogens is 701 g/mol. The number of amides is 4. The van der Waals surface area contributed by atoms with Crippen molar-refractivity contribution in [3.8, 4) is 23.7 Å². The molecule has 0 spiro atoms. The van der Waals surface area contributed by atoms with E-state index in [4.69, 9.17) is 9.72 Å². The van der Waals surface area contributed by atoms with Crippen LogP contribution >= 0.6 is 0 Å². The number of likely N-dealkylation sites (tertiary alicyclic amines) is 2. The minimum absolute atomic E-state index is 0.117. The van der Waals surface area contributed by atoms with Crippen LogP contribution in [-0.4, -0.2) is 91.1 Å². The zero-order valence-electron chi connectivity index (χ0n) is 31.6. The predicted octanol–water partition coefficient (Wildman–Crippen LogP) is 5.09. The van der Waals surface area contributed by atoms with Gasteiger partial charge in [0.25, 0.3) is 0 Å². The second-order valence-corrected chi connectivity index (χ2v) is 14.5. The average molecular weight is 747 g/mol. The molecular formula is C41H46N8O6. The number of rotatable bonds is 8. The molecule has 2 aliphatic heterocycles. The van der Waals surface area contributed by atoms with Gasteiger partial charge in [-0.3, -0.25) is 9.59 Å². The van der Waals surface area contributed by atoms with Gasteiger partial charge in [0.1, 0.15) is 35.1 Å². The Kier molecular flexibility index (Phi) is 11.7. The zero-order chi connectivity index (χ0) is 39.2. The molecule has 4 aromatic rings. The molecule has 14 heteroatoms. The maximum Gasteiger partial charge on any atom is 0.407 e. The summed E-state index contributed by atoms with van der Waals surface area (Å²) in [6.07, 6.45) is 4.72. The first-order valence-electron chi connectivity index (χ1n) is 18.5. The van der Waals surface area contributed by atoms with E-state index in [1.165, 1.54) is 7.11 Å². The summed E-state index contributed by atoms with van der Waals surface area (Å²) in [4.78, 5) is 69.2. The summed E-state index contributed by atoms with van der Waals surface area (Å²) in [5.41, 5.74) is 2.76. The number of methoxy groups -OCH3 is 1. The predicted molar refractivity (Wildman–Crippen MR) is 204 cm³/mol. The molecule has 0 radical (unpaired) electrons. The molecule has 2 aromatic carbocycles. The van der Waals surface area contributed by atoms with Gasteiger partial charge in [0.15, 0.2) is 0 Å². The van der Waals surface area contributed by atoms with Crippen LogP contribution < -0.4 is 10.6 Å². The van der Waals surface area contributed by atoms with Crippen LogP contribution in [0.3, 0.4) is 0 Å². The van der Waals surface area contributed by atoms with E-state index in [-0.39, 0.29) is 35.7 Å². The number of carboxylic acid groups (broad SMARTS) is 1.